The first-order chi connectivity index (χ1) is 5.66. The Morgan fingerprint density at radius 2 is 2.25 bits per heavy atom. The standard InChI is InChI=1S/C10H9BrF/c1-3-7(2)8-5-4-6-9(11)10(8)12/h3-6H,1H2,2H3. The van der Waals surface area contributed by atoms with E-state index in [1.54, 1.807) is 24.3 Å². The van der Waals surface area contributed by atoms with Gasteiger partial charge in [0.1, 0.15) is 5.82 Å². The normalized spacial score (nSPS) is 10.3. The summed E-state index contributed by atoms with van der Waals surface area (Å²) in [6.45, 7) is 5.42. The highest BCUT2D eigenvalue weighted by molar-refractivity contribution is 9.10. The molecule has 0 amide bonds. The van der Waals surface area contributed by atoms with E-state index in [2.05, 4.69) is 22.5 Å². The first-order valence-electron chi connectivity index (χ1n) is 3.57. The van der Waals surface area contributed by atoms with Crippen molar-refractivity contribution in [1.29, 1.82) is 0 Å². The zero-order chi connectivity index (χ0) is 9.14. The Bertz CT molecular complexity index is 294. The van der Waals surface area contributed by atoms with Crippen molar-refractivity contribution < 1.29 is 4.39 Å². The molecule has 0 spiro atoms. The summed E-state index contributed by atoms with van der Waals surface area (Å²) in [4.78, 5) is 0. The van der Waals surface area contributed by atoms with Crippen molar-refractivity contribution in [1.82, 2.24) is 0 Å². The Labute approximate surface area is 80.2 Å². The molecule has 1 radical (unpaired) electrons. The third-order valence-electron chi connectivity index (χ3n) is 1.68. The molecule has 0 N–H and O–H groups in total. The molecule has 0 aliphatic heterocycles. The molecule has 1 rings (SSSR count). The summed E-state index contributed by atoms with van der Waals surface area (Å²) >= 11 is 3.12. The van der Waals surface area contributed by atoms with Gasteiger partial charge >= 0.3 is 0 Å². The van der Waals surface area contributed by atoms with E-state index < -0.39 is 0 Å². The molecule has 0 nitrogen and oxygen atoms in total. The molecule has 0 saturated heterocycles. The molecule has 2 heteroatoms. The van der Waals surface area contributed by atoms with E-state index in [1.165, 1.54) is 0 Å². The molecule has 0 heterocycles. The average molecular weight is 228 g/mol. The Morgan fingerprint density at radius 1 is 1.58 bits per heavy atom. The number of allylic oxidation sites excluding steroid dienone is 1. The first kappa shape index (κ1) is 9.46. The molecular formula is C10H9BrF. The van der Waals surface area contributed by atoms with E-state index in [0.717, 1.165) is 5.92 Å². The van der Waals surface area contributed by atoms with Crippen LogP contribution in [0.2, 0.25) is 0 Å². The van der Waals surface area contributed by atoms with E-state index in [0.29, 0.717) is 10.0 Å². The fraction of sp³-hybridized carbons (Fsp3) is 0.100. The fourth-order valence-corrected chi connectivity index (χ4v) is 1.28. The number of halogens is 2. The van der Waals surface area contributed by atoms with E-state index in [4.69, 9.17) is 0 Å². The maximum atomic E-state index is 13.3. The predicted molar refractivity (Wildman–Crippen MR) is 52.3 cm³/mol. The maximum Gasteiger partial charge on any atom is 0.141 e. The highest BCUT2D eigenvalue weighted by atomic mass is 79.9. The van der Waals surface area contributed by atoms with E-state index in [9.17, 15) is 4.39 Å². The quantitative estimate of drug-likeness (QED) is 0.723. The van der Waals surface area contributed by atoms with Crippen molar-refractivity contribution in [3.63, 3.8) is 0 Å². The Morgan fingerprint density at radius 3 is 2.83 bits per heavy atom. The van der Waals surface area contributed by atoms with Crippen LogP contribution in [-0.4, -0.2) is 0 Å². The largest absolute Gasteiger partial charge is 0.205 e. The molecule has 0 aliphatic carbocycles. The van der Waals surface area contributed by atoms with Crippen LogP contribution in [0.1, 0.15) is 12.5 Å². The molecule has 1 aromatic carbocycles. The summed E-state index contributed by atoms with van der Waals surface area (Å²) in [5.74, 6) is 0.615. The van der Waals surface area contributed by atoms with Crippen LogP contribution in [0.15, 0.2) is 35.3 Å². The van der Waals surface area contributed by atoms with E-state index in [-0.39, 0.29) is 5.82 Å². The van der Waals surface area contributed by atoms with Gasteiger partial charge in [-0.1, -0.05) is 25.1 Å². The summed E-state index contributed by atoms with van der Waals surface area (Å²) in [6.07, 6.45) is 1.64. The number of hydrogen-bond donors (Lipinski definition) is 0. The first-order valence-corrected chi connectivity index (χ1v) is 4.36. The van der Waals surface area contributed by atoms with E-state index >= 15 is 0 Å². The maximum absolute atomic E-state index is 13.3. The molecule has 0 unspecified atom stereocenters. The van der Waals surface area contributed by atoms with Gasteiger partial charge in [0, 0.05) is 5.92 Å². The molecular weight excluding hydrogens is 219 g/mol. The van der Waals surface area contributed by atoms with Gasteiger partial charge in [-0.15, -0.1) is 6.58 Å². The van der Waals surface area contributed by atoms with Gasteiger partial charge in [0.15, 0.2) is 0 Å². The summed E-state index contributed by atoms with van der Waals surface area (Å²) in [7, 11) is 0. The van der Waals surface area contributed by atoms with Crippen LogP contribution >= 0.6 is 15.9 Å². The Kier molecular flexibility index (Phi) is 3.04. The molecule has 0 atom stereocenters. The minimum Gasteiger partial charge on any atom is -0.205 e. The summed E-state index contributed by atoms with van der Waals surface area (Å²) in [5.41, 5.74) is 0.597. The third-order valence-corrected chi connectivity index (χ3v) is 2.30. The van der Waals surface area contributed by atoms with Gasteiger partial charge < -0.3 is 0 Å². The molecule has 1 aromatic rings. The molecule has 0 saturated carbocycles. The van der Waals surface area contributed by atoms with Gasteiger partial charge in [-0.05, 0) is 27.6 Å². The zero-order valence-electron chi connectivity index (χ0n) is 6.77. The van der Waals surface area contributed by atoms with Crippen molar-refractivity contribution >= 4 is 15.9 Å². The van der Waals surface area contributed by atoms with Crippen molar-refractivity contribution in [2.24, 2.45) is 0 Å². The second kappa shape index (κ2) is 3.85. The second-order valence-electron chi connectivity index (χ2n) is 2.49. The van der Waals surface area contributed by atoms with Crippen molar-refractivity contribution in [3.05, 3.63) is 52.6 Å². The van der Waals surface area contributed by atoms with Crippen molar-refractivity contribution in [3.8, 4) is 0 Å². The number of benzene rings is 1. The predicted octanol–water partition coefficient (Wildman–Crippen LogP) is 3.72. The number of rotatable bonds is 2. The third kappa shape index (κ3) is 1.75. The van der Waals surface area contributed by atoms with Crippen LogP contribution in [0.5, 0.6) is 0 Å². The molecule has 0 aromatic heterocycles. The molecule has 12 heavy (non-hydrogen) atoms. The SMILES string of the molecule is C=C[C](C)c1cccc(Br)c1F. The Balaban J connectivity index is 3.15. The van der Waals surface area contributed by atoms with Crippen LogP contribution in [-0.2, 0) is 0 Å². The Hall–Kier alpha value is -0.630. The van der Waals surface area contributed by atoms with Crippen LogP contribution in [0.3, 0.4) is 0 Å². The molecule has 0 fully saturated rings. The van der Waals surface area contributed by atoms with Gasteiger partial charge in [0.25, 0.3) is 0 Å². The lowest BCUT2D eigenvalue weighted by molar-refractivity contribution is 0.611. The fourth-order valence-electron chi connectivity index (χ4n) is 0.918. The summed E-state index contributed by atoms with van der Waals surface area (Å²) < 4.78 is 13.8. The van der Waals surface area contributed by atoms with Crippen LogP contribution < -0.4 is 0 Å². The highest BCUT2D eigenvalue weighted by Crippen LogP contribution is 2.24. The lowest BCUT2D eigenvalue weighted by Crippen LogP contribution is -1.94. The van der Waals surface area contributed by atoms with E-state index in [1.807, 2.05) is 6.92 Å². The van der Waals surface area contributed by atoms with Crippen LogP contribution in [0.4, 0.5) is 4.39 Å². The van der Waals surface area contributed by atoms with Crippen molar-refractivity contribution in [2.45, 2.75) is 6.92 Å². The lowest BCUT2D eigenvalue weighted by Gasteiger charge is -2.07. The zero-order valence-corrected chi connectivity index (χ0v) is 8.36. The second-order valence-corrected chi connectivity index (χ2v) is 3.34. The smallest absolute Gasteiger partial charge is 0.141 e. The van der Waals surface area contributed by atoms with Crippen LogP contribution in [0, 0.1) is 11.7 Å². The monoisotopic (exact) mass is 227 g/mol. The lowest BCUT2D eigenvalue weighted by atomic mass is 10.0. The number of hydrogen-bond acceptors (Lipinski definition) is 0. The van der Waals surface area contributed by atoms with Crippen LogP contribution in [0.25, 0.3) is 0 Å². The van der Waals surface area contributed by atoms with Gasteiger partial charge in [0.05, 0.1) is 4.47 Å². The summed E-state index contributed by atoms with van der Waals surface area (Å²) in [6, 6.07) is 5.21. The van der Waals surface area contributed by atoms with Gasteiger partial charge in [-0.2, -0.15) is 0 Å². The van der Waals surface area contributed by atoms with Crippen molar-refractivity contribution in [2.75, 3.05) is 0 Å². The minimum absolute atomic E-state index is 0.227. The molecule has 63 valence electrons. The summed E-state index contributed by atoms with van der Waals surface area (Å²) in [5, 5.41) is 0. The molecule has 0 bridgehead atoms. The van der Waals surface area contributed by atoms with Gasteiger partial charge in [0.2, 0.25) is 0 Å². The molecule has 0 aliphatic rings. The van der Waals surface area contributed by atoms with Gasteiger partial charge in [-0.3, -0.25) is 0 Å². The average Bonchev–Trinajstić information content (AvgIpc) is 2.08. The van der Waals surface area contributed by atoms with Gasteiger partial charge in [-0.25, -0.2) is 4.39 Å². The topological polar surface area (TPSA) is 0 Å². The highest BCUT2D eigenvalue weighted by Gasteiger charge is 2.09. The minimum atomic E-state index is -0.227.